The van der Waals surface area contributed by atoms with Crippen LogP contribution < -0.4 is 4.90 Å². The van der Waals surface area contributed by atoms with Crippen molar-refractivity contribution in [1.82, 2.24) is 4.98 Å². The van der Waals surface area contributed by atoms with E-state index in [9.17, 15) is 4.79 Å². The zero-order chi connectivity index (χ0) is 11.7. The SMILES string of the molecule is O=C(O)C1CCN(c2ncc(Cl)cc2Cl)C1. The second kappa shape index (κ2) is 4.47. The molecule has 1 aliphatic heterocycles. The minimum Gasteiger partial charge on any atom is -0.481 e. The molecule has 86 valence electrons. The minimum atomic E-state index is -0.771. The fourth-order valence-electron chi connectivity index (χ4n) is 1.79. The first-order valence-corrected chi connectivity index (χ1v) is 5.62. The van der Waals surface area contributed by atoms with E-state index < -0.39 is 5.97 Å². The highest BCUT2D eigenvalue weighted by Crippen LogP contribution is 2.30. The van der Waals surface area contributed by atoms with Crippen LogP contribution in [0.1, 0.15) is 6.42 Å². The summed E-state index contributed by atoms with van der Waals surface area (Å²) in [7, 11) is 0. The molecule has 2 rings (SSSR count). The number of aliphatic carboxylic acids is 1. The summed E-state index contributed by atoms with van der Waals surface area (Å²) in [5.41, 5.74) is 0. The van der Waals surface area contributed by atoms with E-state index in [-0.39, 0.29) is 5.92 Å². The molecule has 0 radical (unpaired) electrons. The average Bonchev–Trinajstić information content (AvgIpc) is 2.66. The van der Waals surface area contributed by atoms with Gasteiger partial charge < -0.3 is 10.0 Å². The molecule has 1 N–H and O–H groups in total. The molecule has 0 saturated carbocycles. The van der Waals surface area contributed by atoms with Crippen molar-refractivity contribution in [2.24, 2.45) is 5.92 Å². The van der Waals surface area contributed by atoms with Crippen molar-refractivity contribution in [2.45, 2.75) is 6.42 Å². The van der Waals surface area contributed by atoms with Gasteiger partial charge >= 0.3 is 5.97 Å². The average molecular weight is 261 g/mol. The van der Waals surface area contributed by atoms with Crippen molar-refractivity contribution < 1.29 is 9.90 Å². The van der Waals surface area contributed by atoms with Crippen molar-refractivity contribution in [3.8, 4) is 0 Å². The summed E-state index contributed by atoms with van der Waals surface area (Å²) in [5.74, 6) is -0.504. The summed E-state index contributed by atoms with van der Waals surface area (Å²) >= 11 is 11.7. The van der Waals surface area contributed by atoms with Gasteiger partial charge in [0.25, 0.3) is 0 Å². The van der Waals surface area contributed by atoms with Gasteiger partial charge in [-0.1, -0.05) is 23.2 Å². The molecule has 1 aromatic rings. The number of pyridine rings is 1. The van der Waals surface area contributed by atoms with Gasteiger partial charge in [-0.2, -0.15) is 0 Å². The third-order valence-corrected chi connectivity index (χ3v) is 3.11. The zero-order valence-corrected chi connectivity index (χ0v) is 9.87. The monoisotopic (exact) mass is 260 g/mol. The summed E-state index contributed by atoms with van der Waals surface area (Å²) < 4.78 is 0. The van der Waals surface area contributed by atoms with Crippen LogP contribution in [0.4, 0.5) is 5.82 Å². The third-order valence-electron chi connectivity index (χ3n) is 2.63. The maximum Gasteiger partial charge on any atom is 0.308 e. The molecular formula is C10H10Cl2N2O2. The fraction of sp³-hybridized carbons (Fsp3) is 0.400. The van der Waals surface area contributed by atoms with Gasteiger partial charge in [0.15, 0.2) is 0 Å². The number of carboxylic acids is 1. The predicted molar refractivity (Wildman–Crippen MR) is 62.2 cm³/mol. The highest BCUT2D eigenvalue weighted by atomic mass is 35.5. The Morgan fingerprint density at radius 1 is 1.56 bits per heavy atom. The van der Waals surface area contributed by atoms with Gasteiger partial charge in [0.1, 0.15) is 5.82 Å². The van der Waals surface area contributed by atoms with Gasteiger partial charge in [-0.25, -0.2) is 4.98 Å². The molecule has 1 aromatic heterocycles. The largest absolute Gasteiger partial charge is 0.481 e. The molecule has 0 aromatic carbocycles. The number of hydrogen-bond acceptors (Lipinski definition) is 3. The number of rotatable bonds is 2. The van der Waals surface area contributed by atoms with Crippen LogP contribution in [-0.2, 0) is 4.79 Å². The quantitative estimate of drug-likeness (QED) is 0.887. The van der Waals surface area contributed by atoms with Gasteiger partial charge in [-0.15, -0.1) is 0 Å². The Morgan fingerprint density at radius 2 is 2.31 bits per heavy atom. The van der Waals surface area contributed by atoms with E-state index in [0.29, 0.717) is 35.4 Å². The molecule has 1 saturated heterocycles. The normalized spacial score (nSPS) is 20.1. The number of carbonyl (C=O) groups is 1. The molecule has 16 heavy (non-hydrogen) atoms. The summed E-state index contributed by atoms with van der Waals surface area (Å²) in [5, 5.41) is 9.82. The number of aromatic nitrogens is 1. The molecule has 6 heteroatoms. The number of nitrogens with zero attached hydrogens (tertiary/aromatic N) is 2. The van der Waals surface area contributed by atoms with Crippen LogP contribution in [-0.4, -0.2) is 29.1 Å². The molecule has 0 bridgehead atoms. The van der Waals surface area contributed by atoms with Crippen LogP contribution in [0.25, 0.3) is 0 Å². The molecule has 0 spiro atoms. The van der Waals surface area contributed by atoms with Crippen molar-refractivity contribution in [2.75, 3.05) is 18.0 Å². The van der Waals surface area contributed by atoms with Crippen LogP contribution in [0.5, 0.6) is 0 Å². The Hall–Kier alpha value is -1.000. The number of halogens is 2. The number of carboxylic acid groups (broad SMARTS) is 1. The van der Waals surface area contributed by atoms with Gasteiger partial charge in [-0.05, 0) is 12.5 Å². The Morgan fingerprint density at radius 3 is 2.88 bits per heavy atom. The van der Waals surface area contributed by atoms with Gasteiger partial charge in [0.2, 0.25) is 0 Å². The maximum atomic E-state index is 10.8. The van der Waals surface area contributed by atoms with Gasteiger partial charge in [0.05, 0.1) is 16.0 Å². The molecule has 0 aliphatic carbocycles. The summed E-state index contributed by atoms with van der Waals surface area (Å²) in [6.45, 7) is 1.11. The van der Waals surface area contributed by atoms with Crippen molar-refractivity contribution >= 4 is 35.0 Å². The maximum absolute atomic E-state index is 10.8. The van der Waals surface area contributed by atoms with E-state index in [1.165, 1.54) is 6.20 Å². The van der Waals surface area contributed by atoms with Crippen LogP contribution in [0.3, 0.4) is 0 Å². The molecule has 1 fully saturated rings. The van der Waals surface area contributed by atoms with E-state index in [4.69, 9.17) is 28.3 Å². The first-order valence-electron chi connectivity index (χ1n) is 4.86. The molecule has 2 heterocycles. The third kappa shape index (κ3) is 2.23. The lowest BCUT2D eigenvalue weighted by Gasteiger charge is -2.17. The van der Waals surface area contributed by atoms with Crippen molar-refractivity contribution in [3.63, 3.8) is 0 Å². The Kier molecular flexibility index (Phi) is 3.21. The standard InChI is InChI=1S/C10H10Cl2N2O2/c11-7-3-8(12)9(13-4-7)14-2-1-6(5-14)10(15)16/h3-4,6H,1-2,5H2,(H,15,16). The first kappa shape index (κ1) is 11.5. The second-order valence-corrected chi connectivity index (χ2v) is 4.57. The lowest BCUT2D eigenvalue weighted by Crippen LogP contribution is -2.23. The van der Waals surface area contributed by atoms with Gasteiger partial charge in [-0.3, -0.25) is 4.79 Å². The minimum absolute atomic E-state index is 0.339. The van der Waals surface area contributed by atoms with Crippen LogP contribution in [0.15, 0.2) is 12.3 Å². The van der Waals surface area contributed by atoms with E-state index in [1.54, 1.807) is 6.07 Å². The highest BCUT2D eigenvalue weighted by Gasteiger charge is 2.29. The molecule has 0 amide bonds. The zero-order valence-electron chi connectivity index (χ0n) is 8.36. The van der Waals surface area contributed by atoms with E-state index in [2.05, 4.69) is 4.98 Å². The topological polar surface area (TPSA) is 53.4 Å². The number of anilines is 1. The van der Waals surface area contributed by atoms with E-state index >= 15 is 0 Å². The lowest BCUT2D eigenvalue weighted by molar-refractivity contribution is -0.140. The summed E-state index contributed by atoms with van der Waals surface area (Å²) in [6.07, 6.45) is 2.13. The smallest absolute Gasteiger partial charge is 0.308 e. The van der Waals surface area contributed by atoms with Crippen LogP contribution in [0.2, 0.25) is 10.0 Å². The van der Waals surface area contributed by atoms with E-state index in [1.807, 2.05) is 4.90 Å². The lowest BCUT2D eigenvalue weighted by atomic mass is 10.1. The fourth-order valence-corrected chi connectivity index (χ4v) is 2.29. The highest BCUT2D eigenvalue weighted by molar-refractivity contribution is 6.36. The van der Waals surface area contributed by atoms with Crippen molar-refractivity contribution in [3.05, 3.63) is 22.3 Å². The molecule has 1 atom stereocenters. The summed E-state index contributed by atoms with van der Waals surface area (Å²) in [6, 6.07) is 1.61. The Balaban J connectivity index is 2.17. The number of hydrogen-bond donors (Lipinski definition) is 1. The second-order valence-electron chi connectivity index (χ2n) is 3.73. The Labute approximate surface area is 103 Å². The molecule has 1 aliphatic rings. The Bertz CT molecular complexity index is 425. The van der Waals surface area contributed by atoms with Crippen LogP contribution >= 0.6 is 23.2 Å². The molecular weight excluding hydrogens is 251 g/mol. The van der Waals surface area contributed by atoms with Crippen molar-refractivity contribution in [1.29, 1.82) is 0 Å². The molecule has 4 nitrogen and oxygen atoms in total. The first-order chi connectivity index (χ1) is 7.58. The summed E-state index contributed by atoms with van der Waals surface area (Å²) in [4.78, 5) is 16.8. The van der Waals surface area contributed by atoms with Gasteiger partial charge in [0, 0.05) is 19.3 Å². The molecule has 1 unspecified atom stereocenters. The predicted octanol–water partition coefficient (Wildman–Crippen LogP) is 2.30. The van der Waals surface area contributed by atoms with E-state index in [0.717, 1.165) is 0 Å². The van der Waals surface area contributed by atoms with Crippen LogP contribution in [0, 0.1) is 5.92 Å².